The average Bonchev–Trinajstić information content (AvgIpc) is 2.76. The number of anilines is 2. The number of rotatable bonds is 8. The zero-order valence-electron chi connectivity index (χ0n) is 18.1. The minimum atomic E-state index is -3.77. The minimum absolute atomic E-state index is 0.0733. The Balaban J connectivity index is 1.67. The summed E-state index contributed by atoms with van der Waals surface area (Å²) >= 11 is 5.83. The monoisotopic (exact) mass is 472 g/mol. The first-order valence-corrected chi connectivity index (χ1v) is 12.0. The summed E-state index contributed by atoms with van der Waals surface area (Å²) in [6.45, 7) is 5.81. The lowest BCUT2D eigenvalue weighted by Gasteiger charge is -2.19. The van der Waals surface area contributed by atoms with Gasteiger partial charge in [-0.05, 0) is 86.0 Å². The highest BCUT2D eigenvalue weighted by Crippen LogP contribution is 2.24. The standard InChI is InChI=1S/C24H25ClN2O4S/c1-4-22(31-23-7-5-6-16(2)17(23)3)24(28)26-19-12-14-21(15-13-19)32(29,30)27-20-10-8-18(25)9-11-20/h5-15,22,27H,4H2,1-3H3,(H,26,28)/t22-/m1/s1. The van der Waals surface area contributed by atoms with Gasteiger partial charge in [0.2, 0.25) is 0 Å². The molecule has 0 heterocycles. The summed E-state index contributed by atoms with van der Waals surface area (Å²) in [7, 11) is -3.77. The van der Waals surface area contributed by atoms with Crippen molar-refractivity contribution in [3.8, 4) is 5.75 Å². The molecule has 0 aromatic heterocycles. The Kier molecular flexibility index (Phi) is 7.43. The molecule has 0 unspecified atom stereocenters. The predicted molar refractivity (Wildman–Crippen MR) is 128 cm³/mol. The number of aryl methyl sites for hydroxylation is 1. The molecule has 0 saturated carbocycles. The van der Waals surface area contributed by atoms with E-state index in [-0.39, 0.29) is 10.8 Å². The zero-order valence-corrected chi connectivity index (χ0v) is 19.6. The van der Waals surface area contributed by atoms with Crippen LogP contribution in [0.25, 0.3) is 0 Å². The molecule has 0 radical (unpaired) electrons. The Morgan fingerprint density at radius 1 is 0.969 bits per heavy atom. The summed E-state index contributed by atoms with van der Waals surface area (Å²) in [6, 6.07) is 18.0. The van der Waals surface area contributed by atoms with Crippen LogP contribution >= 0.6 is 11.6 Å². The maximum absolute atomic E-state index is 12.7. The predicted octanol–water partition coefficient (Wildman–Crippen LogP) is 5.55. The topological polar surface area (TPSA) is 84.5 Å². The van der Waals surface area contributed by atoms with Crippen LogP contribution < -0.4 is 14.8 Å². The number of benzene rings is 3. The molecule has 2 N–H and O–H groups in total. The van der Waals surface area contributed by atoms with Crippen LogP contribution in [0.5, 0.6) is 5.75 Å². The smallest absolute Gasteiger partial charge is 0.265 e. The molecule has 0 spiro atoms. The third-order valence-corrected chi connectivity index (χ3v) is 6.67. The first kappa shape index (κ1) is 23.6. The van der Waals surface area contributed by atoms with Gasteiger partial charge in [0.05, 0.1) is 4.90 Å². The van der Waals surface area contributed by atoms with Gasteiger partial charge in [-0.2, -0.15) is 0 Å². The molecule has 1 atom stereocenters. The molecule has 0 aliphatic heterocycles. The van der Waals surface area contributed by atoms with E-state index in [2.05, 4.69) is 10.0 Å². The van der Waals surface area contributed by atoms with Crippen LogP contribution in [0, 0.1) is 13.8 Å². The van der Waals surface area contributed by atoms with Gasteiger partial charge in [0.1, 0.15) is 5.75 Å². The average molecular weight is 473 g/mol. The van der Waals surface area contributed by atoms with E-state index in [0.29, 0.717) is 28.6 Å². The Bertz CT molecular complexity index is 1190. The van der Waals surface area contributed by atoms with Gasteiger partial charge < -0.3 is 10.1 Å². The van der Waals surface area contributed by atoms with Crippen molar-refractivity contribution in [1.29, 1.82) is 0 Å². The first-order chi connectivity index (χ1) is 15.2. The second-order valence-electron chi connectivity index (χ2n) is 7.34. The molecule has 0 bridgehead atoms. The van der Waals surface area contributed by atoms with Gasteiger partial charge in [-0.25, -0.2) is 8.42 Å². The van der Waals surface area contributed by atoms with Gasteiger partial charge in [-0.3, -0.25) is 9.52 Å². The molecular formula is C24H25ClN2O4S. The van der Waals surface area contributed by atoms with Crippen LogP contribution in [0.4, 0.5) is 11.4 Å². The molecule has 0 aliphatic carbocycles. The lowest BCUT2D eigenvalue weighted by molar-refractivity contribution is -0.122. The molecule has 0 saturated heterocycles. The van der Waals surface area contributed by atoms with E-state index in [1.54, 1.807) is 36.4 Å². The number of halogens is 1. The number of hydrogen-bond donors (Lipinski definition) is 2. The number of sulfonamides is 1. The fourth-order valence-electron chi connectivity index (χ4n) is 3.00. The van der Waals surface area contributed by atoms with E-state index in [4.69, 9.17) is 16.3 Å². The van der Waals surface area contributed by atoms with Gasteiger partial charge >= 0.3 is 0 Å². The molecular weight excluding hydrogens is 448 g/mol. The molecule has 3 aromatic carbocycles. The van der Waals surface area contributed by atoms with Crippen LogP contribution in [-0.2, 0) is 14.8 Å². The Hall–Kier alpha value is -3.03. The second kappa shape index (κ2) is 10.1. The van der Waals surface area contributed by atoms with E-state index in [1.165, 1.54) is 12.1 Å². The minimum Gasteiger partial charge on any atom is -0.480 e. The summed E-state index contributed by atoms with van der Waals surface area (Å²) in [5.41, 5.74) is 2.95. The molecule has 3 aromatic rings. The zero-order chi connectivity index (χ0) is 23.3. The van der Waals surface area contributed by atoms with Crippen LogP contribution in [-0.4, -0.2) is 20.4 Å². The van der Waals surface area contributed by atoms with Crippen molar-refractivity contribution < 1.29 is 17.9 Å². The third kappa shape index (κ3) is 5.81. The SMILES string of the molecule is CC[C@@H](Oc1cccc(C)c1C)C(=O)Nc1ccc(S(=O)(=O)Nc2ccc(Cl)cc2)cc1. The summed E-state index contributed by atoms with van der Waals surface area (Å²) in [6.07, 6.45) is -0.193. The highest BCUT2D eigenvalue weighted by molar-refractivity contribution is 7.92. The van der Waals surface area contributed by atoms with Crippen LogP contribution in [0.15, 0.2) is 71.6 Å². The summed E-state index contributed by atoms with van der Waals surface area (Å²) in [5.74, 6) is 0.366. The molecule has 3 rings (SSSR count). The van der Waals surface area contributed by atoms with Crippen molar-refractivity contribution in [2.45, 2.75) is 38.2 Å². The van der Waals surface area contributed by atoms with Gasteiger partial charge in [-0.1, -0.05) is 30.7 Å². The Morgan fingerprint density at radius 2 is 1.59 bits per heavy atom. The maximum atomic E-state index is 12.7. The number of amides is 1. The quantitative estimate of drug-likeness (QED) is 0.450. The van der Waals surface area contributed by atoms with Crippen LogP contribution in [0.3, 0.4) is 0 Å². The van der Waals surface area contributed by atoms with Crippen molar-refractivity contribution in [2.24, 2.45) is 0 Å². The first-order valence-electron chi connectivity index (χ1n) is 10.1. The number of carbonyl (C=O) groups is 1. The maximum Gasteiger partial charge on any atom is 0.265 e. The summed E-state index contributed by atoms with van der Waals surface area (Å²) in [4.78, 5) is 12.8. The second-order valence-corrected chi connectivity index (χ2v) is 9.46. The molecule has 32 heavy (non-hydrogen) atoms. The lowest BCUT2D eigenvalue weighted by Crippen LogP contribution is -2.32. The molecule has 1 amide bonds. The van der Waals surface area contributed by atoms with Crippen molar-refractivity contribution in [3.63, 3.8) is 0 Å². The van der Waals surface area contributed by atoms with E-state index in [0.717, 1.165) is 11.1 Å². The van der Waals surface area contributed by atoms with E-state index in [9.17, 15) is 13.2 Å². The molecule has 6 nitrogen and oxygen atoms in total. The normalized spacial score (nSPS) is 12.1. The van der Waals surface area contributed by atoms with Gasteiger partial charge in [0.15, 0.2) is 6.10 Å². The van der Waals surface area contributed by atoms with Crippen molar-refractivity contribution in [2.75, 3.05) is 10.0 Å². The fraction of sp³-hybridized carbons (Fsp3) is 0.208. The lowest BCUT2D eigenvalue weighted by atomic mass is 10.1. The summed E-state index contributed by atoms with van der Waals surface area (Å²) < 4.78 is 33.6. The van der Waals surface area contributed by atoms with Crippen LogP contribution in [0.2, 0.25) is 5.02 Å². The fourth-order valence-corrected chi connectivity index (χ4v) is 4.18. The molecule has 8 heteroatoms. The number of carbonyl (C=O) groups excluding carboxylic acids is 1. The molecule has 0 aliphatic rings. The highest BCUT2D eigenvalue weighted by Gasteiger charge is 2.20. The van der Waals surface area contributed by atoms with Crippen LogP contribution in [0.1, 0.15) is 24.5 Å². The van der Waals surface area contributed by atoms with E-state index < -0.39 is 16.1 Å². The Labute approximate surface area is 193 Å². The van der Waals surface area contributed by atoms with Gasteiger partial charge in [-0.15, -0.1) is 0 Å². The van der Waals surface area contributed by atoms with E-state index in [1.807, 2.05) is 39.0 Å². The van der Waals surface area contributed by atoms with Gasteiger partial charge in [0.25, 0.3) is 15.9 Å². The number of ether oxygens (including phenoxy) is 1. The van der Waals surface area contributed by atoms with Crippen molar-refractivity contribution >= 4 is 38.9 Å². The largest absolute Gasteiger partial charge is 0.480 e. The van der Waals surface area contributed by atoms with Gasteiger partial charge in [0, 0.05) is 16.4 Å². The van der Waals surface area contributed by atoms with Crippen molar-refractivity contribution in [1.82, 2.24) is 0 Å². The number of hydrogen-bond acceptors (Lipinski definition) is 4. The van der Waals surface area contributed by atoms with Crippen molar-refractivity contribution in [3.05, 3.63) is 82.9 Å². The molecule has 0 fully saturated rings. The molecule has 168 valence electrons. The Morgan fingerprint density at radius 3 is 2.22 bits per heavy atom. The summed E-state index contributed by atoms with van der Waals surface area (Å²) in [5, 5.41) is 3.30. The highest BCUT2D eigenvalue weighted by atomic mass is 35.5. The number of nitrogens with one attached hydrogen (secondary N) is 2. The van der Waals surface area contributed by atoms with E-state index >= 15 is 0 Å². The third-order valence-electron chi connectivity index (χ3n) is 5.02.